The van der Waals surface area contributed by atoms with E-state index in [0.29, 0.717) is 24.7 Å². The number of aryl methyl sites for hydroxylation is 2. The minimum atomic E-state index is -0.121. The van der Waals surface area contributed by atoms with Crippen molar-refractivity contribution in [1.82, 2.24) is 15.1 Å². The smallest absolute Gasteiger partial charge is 0.244 e. The Balaban J connectivity index is 1.87. The Hall–Kier alpha value is -2.76. The maximum absolute atomic E-state index is 12.1. The van der Waals surface area contributed by atoms with Crippen molar-refractivity contribution < 1.29 is 14.3 Å². The predicted molar refractivity (Wildman–Crippen MR) is 107 cm³/mol. The lowest BCUT2D eigenvalue weighted by Gasteiger charge is -2.13. The monoisotopic (exact) mass is 371 g/mol. The Kier molecular flexibility index (Phi) is 7.46. The van der Waals surface area contributed by atoms with Crippen LogP contribution in [0.3, 0.4) is 0 Å². The van der Waals surface area contributed by atoms with Crippen molar-refractivity contribution in [3.63, 3.8) is 0 Å². The molecule has 0 saturated carbocycles. The SMILES string of the molecule is CCOc1cc(/C=C/C(=O)NCC(C)Cn2nc(C)cc2C)ccc1OC. The lowest BCUT2D eigenvalue weighted by atomic mass is 10.1. The largest absolute Gasteiger partial charge is 0.493 e. The van der Waals surface area contributed by atoms with Gasteiger partial charge in [-0.15, -0.1) is 0 Å². The summed E-state index contributed by atoms with van der Waals surface area (Å²) in [5, 5.41) is 7.40. The first-order valence-corrected chi connectivity index (χ1v) is 9.20. The number of nitrogens with one attached hydrogen (secondary N) is 1. The molecule has 1 heterocycles. The van der Waals surface area contributed by atoms with E-state index in [1.54, 1.807) is 13.2 Å². The zero-order valence-electron chi connectivity index (χ0n) is 16.8. The molecule has 1 N–H and O–H groups in total. The van der Waals surface area contributed by atoms with Gasteiger partial charge >= 0.3 is 0 Å². The van der Waals surface area contributed by atoms with Crippen LogP contribution in [0.1, 0.15) is 30.8 Å². The summed E-state index contributed by atoms with van der Waals surface area (Å²) < 4.78 is 12.8. The molecule has 0 spiro atoms. The van der Waals surface area contributed by atoms with E-state index in [9.17, 15) is 4.79 Å². The highest BCUT2D eigenvalue weighted by Crippen LogP contribution is 2.28. The van der Waals surface area contributed by atoms with E-state index in [4.69, 9.17) is 9.47 Å². The molecule has 1 aromatic carbocycles. The van der Waals surface area contributed by atoms with Crippen molar-refractivity contribution in [2.45, 2.75) is 34.2 Å². The fourth-order valence-corrected chi connectivity index (χ4v) is 2.79. The van der Waals surface area contributed by atoms with E-state index >= 15 is 0 Å². The van der Waals surface area contributed by atoms with Crippen LogP contribution in [-0.4, -0.2) is 35.9 Å². The average Bonchev–Trinajstić information content (AvgIpc) is 2.95. The second kappa shape index (κ2) is 9.80. The minimum absolute atomic E-state index is 0.121. The quantitative estimate of drug-likeness (QED) is 0.687. The zero-order valence-corrected chi connectivity index (χ0v) is 16.8. The van der Waals surface area contributed by atoms with Gasteiger partial charge in [-0.3, -0.25) is 9.48 Å². The zero-order chi connectivity index (χ0) is 19.8. The van der Waals surface area contributed by atoms with Crippen LogP contribution in [-0.2, 0) is 11.3 Å². The van der Waals surface area contributed by atoms with Crippen molar-refractivity contribution >= 4 is 12.0 Å². The molecular formula is C21H29N3O3. The van der Waals surface area contributed by atoms with Gasteiger partial charge in [-0.1, -0.05) is 13.0 Å². The summed E-state index contributed by atoms with van der Waals surface area (Å²) in [7, 11) is 1.61. The summed E-state index contributed by atoms with van der Waals surface area (Å²) in [5.41, 5.74) is 3.03. The number of hydrogen-bond donors (Lipinski definition) is 1. The number of benzene rings is 1. The van der Waals surface area contributed by atoms with Gasteiger partial charge in [0.2, 0.25) is 5.91 Å². The predicted octanol–water partition coefficient (Wildman–Crippen LogP) is 3.37. The molecule has 1 unspecified atom stereocenters. The third-order valence-electron chi connectivity index (χ3n) is 4.13. The molecule has 0 bridgehead atoms. The fraction of sp³-hybridized carbons (Fsp3) is 0.429. The molecule has 1 aromatic heterocycles. The van der Waals surface area contributed by atoms with Gasteiger partial charge in [0.15, 0.2) is 11.5 Å². The van der Waals surface area contributed by atoms with Gasteiger partial charge in [0.05, 0.1) is 19.4 Å². The Morgan fingerprint density at radius 1 is 1.30 bits per heavy atom. The molecule has 0 fully saturated rings. The van der Waals surface area contributed by atoms with Gasteiger partial charge in [0, 0.05) is 24.9 Å². The Labute approximate surface area is 161 Å². The van der Waals surface area contributed by atoms with Crippen LogP contribution in [0.25, 0.3) is 6.08 Å². The molecule has 0 aliphatic rings. The van der Waals surface area contributed by atoms with Crippen LogP contribution in [0.15, 0.2) is 30.3 Å². The van der Waals surface area contributed by atoms with Crippen LogP contribution >= 0.6 is 0 Å². The Bertz CT molecular complexity index is 796. The van der Waals surface area contributed by atoms with Crippen LogP contribution in [0.5, 0.6) is 11.5 Å². The van der Waals surface area contributed by atoms with E-state index < -0.39 is 0 Å². The highest BCUT2D eigenvalue weighted by Gasteiger charge is 2.08. The fourth-order valence-electron chi connectivity index (χ4n) is 2.79. The van der Waals surface area contributed by atoms with Gasteiger partial charge < -0.3 is 14.8 Å². The summed E-state index contributed by atoms with van der Waals surface area (Å²) >= 11 is 0. The van der Waals surface area contributed by atoms with Crippen molar-refractivity contribution in [3.8, 4) is 11.5 Å². The van der Waals surface area contributed by atoms with Gasteiger partial charge in [-0.2, -0.15) is 5.10 Å². The topological polar surface area (TPSA) is 65.4 Å². The average molecular weight is 371 g/mol. The molecular weight excluding hydrogens is 342 g/mol. The summed E-state index contributed by atoms with van der Waals surface area (Å²) in [6.07, 6.45) is 3.30. The maximum atomic E-state index is 12.1. The first-order chi connectivity index (χ1) is 12.9. The molecule has 2 aromatic rings. The van der Waals surface area contributed by atoms with Gasteiger partial charge in [-0.05, 0) is 56.5 Å². The molecule has 2 rings (SSSR count). The molecule has 1 atom stereocenters. The van der Waals surface area contributed by atoms with Crippen molar-refractivity contribution in [1.29, 1.82) is 0 Å². The number of amides is 1. The third-order valence-corrected chi connectivity index (χ3v) is 4.13. The molecule has 1 amide bonds. The summed E-state index contributed by atoms with van der Waals surface area (Å²) in [5.74, 6) is 1.51. The van der Waals surface area contributed by atoms with E-state index in [0.717, 1.165) is 23.5 Å². The first kappa shape index (κ1) is 20.6. The number of ether oxygens (including phenoxy) is 2. The highest BCUT2D eigenvalue weighted by atomic mass is 16.5. The molecule has 0 saturated heterocycles. The lowest BCUT2D eigenvalue weighted by molar-refractivity contribution is -0.116. The number of nitrogens with zero attached hydrogens (tertiary/aromatic N) is 2. The number of hydrogen-bond acceptors (Lipinski definition) is 4. The van der Waals surface area contributed by atoms with Gasteiger partial charge in [0.25, 0.3) is 0 Å². The lowest BCUT2D eigenvalue weighted by Crippen LogP contribution is -2.29. The maximum Gasteiger partial charge on any atom is 0.244 e. The first-order valence-electron chi connectivity index (χ1n) is 9.20. The highest BCUT2D eigenvalue weighted by molar-refractivity contribution is 5.91. The van der Waals surface area contributed by atoms with Crippen LogP contribution in [0, 0.1) is 19.8 Å². The molecule has 0 aliphatic heterocycles. The van der Waals surface area contributed by atoms with Crippen LogP contribution in [0.4, 0.5) is 0 Å². The molecule has 146 valence electrons. The minimum Gasteiger partial charge on any atom is -0.493 e. The number of rotatable bonds is 9. The number of methoxy groups -OCH3 is 1. The normalized spacial score (nSPS) is 12.2. The van der Waals surface area contributed by atoms with Crippen molar-refractivity contribution in [3.05, 3.63) is 47.3 Å². The third kappa shape index (κ3) is 6.16. The van der Waals surface area contributed by atoms with Crippen LogP contribution in [0.2, 0.25) is 0 Å². The summed E-state index contributed by atoms with van der Waals surface area (Å²) in [4.78, 5) is 12.1. The number of aromatic nitrogens is 2. The molecule has 0 radical (unpaired) electrons. The standard InChI is InChI=1S/C21H29N3O3/c1-6-27-20-12-18(7-9-19(20)26-5)8-10-21(25)22-13-15(2)14-24-17(4)11-16(3)23-24/h7-12,15H,6,13-14H2,1-5H3,(H,22,25)/b10-8+. The van der Waals surface area contributed by atoms with Crippen LogP contribution < -0.4 is 14.8 Å². The molecule has 0 aliphatic carbocycles. The summed E-state index contributed by atoms with van der Waals surface area (Å²) in [6, 6.07) is 7.63. The van der Waals surface area contributed by atoms with Crippen molar-refractivity contribution in [2.75, 3.05) is 20.3 Å². The molecule has 6 nitrogen and oxygen atoms in total. The van der Waals surface area contributed by atoms with E-state index in [1.807, 2.05) is 43.7 Å². The van der Waals surface area contributed by atoms with E-state index in [1.165, 1.54) is 6.08 Å². The number of carbonyl (C=O) groups excluding carboxylic acids is 1. The molecule has 6 heteroatoms. The van der Waals surface area contributed by atoms with E-state index in [2.05, 4.69) is 23.4 Å². The summed E-state index contributed by atoms with van der Waals surface area (Å²) in [6.45, 7) is 9.96. The Morgan fingerprint density at radius 3 is 2.70 bits per heavy atom. The van der Waals surface area contributed by atoms with Crippen molar-refractivity contribution in [2.24, 2.45) is 5.92 Å². The second-order valence-electron chi connectivity index (χ2n) is 6.64. The second-order valence-corrected chi connectivity index (χ2v) is 6.64. The molecule has 27 heavy (non-hydrogen) atoms. The Morgan fingerprint density at radius 2 is 2.07 bits per heavy atom. The van der Waals surface area contributed by atoms with Gasteiger partial charge in [0.1, 0.15) is 0 Å². The van der Waals surface area contributed by atoms with Gasteiger partial charge in [-0.25, -0.2) is 0 Å². The van der Waals surface area contributed by atoms with E-state index in [-0.39, 0.29) is 11.8 Å². The number of carbonyl (C=O) groups is 1.